The van der Waals surface area contributed by atoms with Gasteiger partial charge in [-0.25, -0.2) is 0 Å². The van der Waals surface area contributed by atoms with E-state index in [1.54, 1.807) is 0 Å². The zero-order valence-corrected chi connectivity index (χ0v) is 7.21. The van der Waals surface area contributed by atoms with Crippen LogP contribution in [0.4, 0.5) is 0 Å². The van der Waals surface area contributed by atoms with Gasteiger partial charge in [0, 0.05) is 0 Å². The van der Waals surface area contributed by atoms with E-state index in [1.807, 2.05) is 6.07 Å². The van der Waals surface area contributed by atoms with Gasteiger partial charge in [-0.1, -0.05) is 25.1 Å². The highest BCUT2D eigenvalue weighted by Crippen LogP contribution is 1.84. The average molecular weight is 152 g/mol. The molecule has 54 valence electrons. The van der Waals surface area contributed by atoms with Crippen molar-refractivity contribution in [2.75, 3.05) is 6.61 Å². The van der Waals surface area contributed by atoms with Crippen LogP contribution in [-0.2, 0) is 0 Å². The van der Waals surface area contributed by atoms with Crippen LogP contribution in [-0.4, -0.2) is 15.2 Å². The van der Waals surface area contributed by atoms with Crippen molar-refractivity contribution in [3.05, 3.63) is 29.6 Å². The lowest BCUT2D eigenvalue weighted by Gasteiger charge is -2.01. The van der Waals surface area contributed by atoms with Crippen molar-refractivity contribution < 1.29 is 4.43 Å². The quantitative estimate of drug-likeness (QED) is 0.597. The van der Waals surface area contributed by atoms with Crippen molar-refractivity contribution in [2.24, 2.45) is 0 Å². The Kier molecular flexibility index (Phi) is 3.16. The molecule has 1 aromatic heterocycles. The average Bonchev–Trinajstić information content (AvgIpc) is 2.03. The fourth-order valence-electron chi connectivity index (χ4n) is 0.737. The molecule has 0 spiro atoms. The number of hydrogen-bond donors (Lipinski definition) is 0. The van der Waals surface area contributed by atoms with Crippen LogP contribution in [0.1, 0.15) is 13.3 Å². The summed E-state index contributed by atoms with van der Waals surface area (Å²) in [5.41, 5.74) is 4.31. The van der Waals surface area contributed by atoms with Crippen LogP contribution in [0.5, 0.6) is 0 Å². The molecule has 0 unspecified atom stereocenters. The molecule has 0 saturated heterocycles. The first-order chi connectivity index (χ1) is 4.93. The molecule has 0 atom stereocenters. The minimum absolute atomic E-state index is 0.703. The largest absolute Gasteiger partial charge is 0.547 e. The van der Waals surface area contributed by atoms with Crippen LogP contribution in [0.25, 0.3) is 0 Å². The highest BCUT2D eigenvalue weighted by Gasteiger charge is 1.89. The molecule has 1 nitrogen and oxygen atoms in total. The van der Waals surface area contributed by atoms with E-state index < -0.39 is 8.64 Å². The summed E-state index contributed by atoms with van der Waals surface area (Å²) in [5.74, 6) is 0. The highest BCUT2D eigenvalue weighted by atomic mass is 28.3. The van der Waals surface area contributed by atoms with Crippen molar-refractivity contribution in [2.45, 2.75) is 13.3 Å². The van der Waals surface area contributed by atoms with Gasteiger partial charge in [0.2, 0.25) is 0 Å². The van der Waals surface area contributed by atoms with Gasteiger partial charge in [-0.3, -0.25) is 0 Å². The molecule has 1 rings (SSSR count). The van der Waals surface area contributed by atoms with Gasteiger partial charge in [0.1, 0.15) is 0 Å². The van der Waals surface area contributed by atoms with E-state index in [0.29, 0.717) is 0 Å². The number of hydrogen-bond acceptors (Lipinski definition) is 1. The molecule has 0 aliphatic heterocycles. The molecular weight excluding hydrogens is 140 g/mol. The van der Waals surface area contributed by atoms with Gasteiger partial charge in [0.15, 0.2) is 0 Å². The predicted molar refractivity (Wildman–Crippen MR) is 44.1 cm³/mol. The summed E-state index contributed by atoms with van der Waals surface area (Å²) in [4.78, 5) is 0. The zero-order chi connectivity index (χ0) is 7.23. The van der Waals surface area contributed by atoms with Crippen LogP contribution in [0.15, 0.2) is 29.6 Å². The van der Waals surface area contributed by atoms with Gasteiger partial charge in [-0.05, 0) is 17.8 Å². The third kappa shape index (κ3) is 2.31. The van der Waals surface area contributed by atoms with Crippen molar-refractivity contribution >= 4 is 8.64 Å². The standard InChI is InChI=1S/C8H12OSi/c1-2-6-9-10-7-4-3-5-8-10/h3-5,7-8H,2,6H2,1H3. The van der Waals surface area contributed by atoms with Crippen molar-refractivity contribution in [3.63, 3.8) is 0 Å². The minimum Gasteiger partial charge on any atom is -0.547 e. The van der Waals surface area contributed by atoms with E-state index in [1.165, 1.54) is 0 Å². The molecule has 0 aromatic carbocycles. The smallest absolute Gasteiger partial charge is 0.261 e. The Hall–Kier alpha value is -0.633. The summed E-state index contributed by atoms with van der Waals surface area (Å²) in [6.07, 6.45) is 1.11. The molecule has 10 heavy (non-hydrogen) atoms. The van der Waals surface area contributed by atoms with Crippen LogP contribution in [0, 0.1) is 0 Å². The first-order valence-corrected chi connectivity index (χ1v) is 5.17. The lowest BCUT2D eigenvalue weighted by molar-refractivity contribution is 0.401. The molecule has 0 saturated carbocycles. The van der Waals surface area contributed by atoms with Crippen LogP contribution in [0.2, 0.25) is 0 Å². The van der Waals surface area contributed by atoms with Gasteiger partial charge < -0.3 is 4.43 Å². The SMILES string of the molecule is CCCO[si]1ccccc1. The van der Waals surface area contributed by atoms with E-state index in [9.17, 15) is 0 Å². The topological polar surface area (TPSA) is 9.23 Å². The zero-order valence-electron chi connectivity index (χ0n) is 6.21. The summed E-state index contributed by atoms with van der Waals surface area (Å²) in [6, 6.07) is 6.15. The van der Waals surface area contributed by atoms with E-state index in [4.69, 9.17) is 4.43 Å². The fraction of sp³-hybridized carbons (Fsp3) is 0.375. The first-order valence-electron chi connectivity index (χ1n) is 3.61. The second-order valence-corrected chi connectivity index (χ2v) is 3.92. The van der Waals surface area contributed by atoms with E-state index >= 15 is 0 Å². The maximum Gasteiger partial charge on any atom is 0.261 e. The minimum atomic E-state index is -0.703. The Morgan fingerprint density at radius 3 is 2.50 bits per heavy atom. The lowest BCUT2D eigenvalue weighted by Crippen LogP contribution is -2.12. The van der Waals surface area contributed by atoms with Crippen LogP contribution >= 0.6 is 0 Å². The third-order valence-corrected chi connectivity index (χ3v) is 2.80. The third-order valence-electron chi connectivity index (χ3n) is 1.22. The van der Waals surface area contributed by atoms with Crippen LogP contribution in [0.3, 0.4) is 0 Å². The van der Waals surface area contributed by atoms with E-state index in [0.717, 1.165) is 13.0 Å². The second-order valence-electron chi connectivity index (χ2n) is 2.16. The summed E-state index contributed by atoms with van der Waals surface area (Å²) in [6.45, 7) is 3.02. The summed E-state index contributed by atoms with van der Waals surface area (Å²) in [7, 11) is -0.703. The molecule has 0 aliphatic carbocycles. The Morgan fingerprint density at radius 2 is 1.90 bits per heavy atom. The van der Waals surface area contributed by atoms with Gasteiger partial charge in [0.05, 0.1) is 6.61 Å². The molecule has 0 N–H and O–H groups in total. The van der Waals surface area contributed by atoms with E-state index in [2.05, 4.69) is 30.4 Å². The van der Waals surface area contributed by atoms with Gasteiger partial charge >= 0.3 is 0 Å². The van der Waals surface area contributed by atoms with Gasteiger partial charge in [-0.15, -0.1) is 0 Å². The van der Waals surface area contributed by atoms with Gasteiger partial charge in [-0.2, -0.15) is 0 Å². The maximum atomic E-state index is 5.54. The molecule has 1 aromatic rings. The first kappa shape index (κ1) is 7.47. The molecule has 2 heteroatoms. The maximum absolute atomic E-state index is 5.54. The second kappa shape index (κ2) is 4.23. The molecule has 0 amide bonds. The molecule has 1 heterocycles. The normalized spacial score (nSPS) is 9.30. The highest BCUT2D eigenvalue weighted by molar-refractivity contribution is 6.43. The Morgan fingerprint density at radius 1 is 1.20 bits per heavy atom. The Bertz CT molecular complexity index is 174. The number of rotatable bonds is 3. The van der Waals surface area contributed by atoms with Crippen molar-refractivity contribution in [1.29, 1.82) is 0 Å². The lowest BCUT2D eigenvalue weighted by atomic mass is 10.5. The van der Waals surface area contributed by atoms with E-state index in [-0.39, 0.29) is 0 Å². The predicted octanol–water partition coefficient (Wildman–Crippen LogP) is 1.55. The summed E-state index contributed by atoms with van der Waals surface area (Å²) < 4.78 is 5.54. The molecule has 0 radical (unpaired) electrons. The Balaban J connectivity index is 2.43. The van der Waals surface area contributed by atoms with Crippen LogP contribution < -0.4 is 4.43 Å². The summed E-state index contributed by atoms with van der Waals surface area (Å²) >= 11 is 0. The summed E-state index contributed by atoms with van der Waals surface area (Å²) in [5, 5.41) is 0. The van der Waals surface area contributed by atoms with Crippen molar-refractivity contribution in [3.8, 4) is 0 Å². The fourth-order valence-corrected chi connectivity index (χ4v) is 2.08. The molecule has 0 bridgehead atoms. The van der Waals surface area contributed by atoms with Gasteiger partial charge in [0.25, 0.3) is 8.64 Å². The molecule has 0 aliphatic rings. The molecular formula is C8H12OSi. The van der Waals surface area contributed by atoms with Crippen molar-refractivity contribution in [1.82, 2.24) is 0 Å². The molecule has 0 fully saturated rings. The Labute approximate surface area is 63.3 Å². The monoisotopic (exact) mass is 152 g/mol.